The highest BCUT2D eigenvalue weighted by Gasteiger charge is 1.96. The van der Waals surface area contributed by atoms with Crippen molar-refractivity contribution in [3.63, 3.8) is 0 Å². The fourth-order valence-electron chi connectivity index (χ4n) is 1.46. The van der Waals surface area contributed by atoms with Crippen molar-refractivity contribution < 1.29 is 0 Å². The van der Waals surface area contributed by atoms with Gasteiger partial charge in [0.1, 0.15) is 5.69 Å². The van der Waals surface area contributed by atoms with E-state index in [1.54, 1.807) is 6.20 Å². The van der Waals surface area contributed by atoms with E-state index in [2.05, 4.69) is 16.1 Å². The maximum absolute atomic E-state index is 5.48. The topological polar surface area (TPSA) is 30.7 Å². The van der Waals surface area contributed by atoms with Crippen LogP contribution in [0.5, 0.6) is 0 Å². The van der Waals surface area contributed by atoms with Crippen molar-refractivity contribution in [1.29, 1.82) is 0 Å². The van der Waals surface area contributed by atoms with Crippen LogP contribution in [-0.4, -0.2) is 15.0 Å². The second-order valence-corrected chi connectivity index (χ2v) is 3.72. The number of nitrogens with zero attached hydrogens (tertiary/aromatic N) is 3. The molecule has 0 aliphatic carbocycles. The van der Waals surface area contributed by atoms with Gasteiger partial charge >= 0.3 is 0 Å². The van der Waals surface area contributed by atoms with Crippen molar-refractivity contribution in [2.45, 2.75) is 6.92 Å². The van der Waals surface area contributed by atoms with Crippen LogP contribution in [0.1, 0.15) is 11.3 Å². The molecule has 1 heterocycles. The van der Waals surface area contributed by atoms with Crippen LogP contribution in [0.4, 0.5) is 0 Å². The predicted octanol–water partition coefficient (Wildman–Crippen LogP) is 2.68. The first-order valence-electron chi connectivity index (χ1n) is 5.59. The maximum atomic E-state index is 5.48. The van der Waals surface area contributed by atoms with Gasteiger partial charge in [0.15, 0.2) is 0 Å². The van der Waals surface area contributed by atoms with E-state index in [4.69, 9.17) is 6.42 Å². The summed E-state index contributed by atoms with van der Waals surface area (Å²) in [7, 11) is 0. The number of terminal acetylenes is 1. The summed E-state index contributed by atoms with van der Waals surface area (Å²) in [5.41, 5.74) is 2.37. The van der Waals surface area contributed by atoms with Crippen LogP contribution in [0.3, 0.4) is 0 Å². The van der Waals surface area contributed by atoms with Gasteiger partial charge in [-0.15, -0.1) is 11.5 Å². The Balaban J connectivity index is 2.70. The molecule has 2 aromatic rings. The Morgan fingerprint density at radius 3 is 2.50 bits per heavy atom. The Morgan fingerprint density at radius 2 is 1.78 bits per heavy atom. The third-order valence-electron chi connectivity index (χ3n) is 2.41. The lowest BCUT2D eigenvalue weighted by molar-refractivity contribution is 0.709. The molecule has 2 rings (SSSR count). The number of benzene rings is 1. The molecule has 0 saturated carbocycles. The van der Waals surface area contributed by atoms with Crippen molar-refractivity contribution in [3.05, 3.63) is 66.0 Å². The average Bonchev–Trinajstić information content (AvgIpc) is 2.50. The normalized spacial score (nSPS) is 9.33. The number of para-hydroxylation sites is 1. The fraction of sp³-hybridized carbons (Fsp3) is 0.0667. The minimum atomic E-state index is 0.572. The van der Waals surface area contributed by atoms with Gasteiger partial charge in [-0.3, -0.25) is 0 Å². The summed E-state index contributed by atoms with van der Waals surface area (Å²) in [6.07, 6.45) is 7.16. The highest BCUT2D eigenvalue weighted by Crippen LogP contribution is 2.03. The Bertz CT molecular complexity index is 620. The van der Waals surface area contributed by atoms with Crippen LogP contribution in [0.25, 0.3) is 5.69 Å². The molecule has 0 N–H and O–H groups in total. The van der Waals surface area contributed by atoms with Crippen LogP contribution in [0, 0.1) is 19.3 Å². The molecule has 1 aromatic carbocycles. The van der Waals surface area contributed by atoms with Gasteiger partial charge in [-0.1, -0.05) is 30.3 Å². The molecule has 0 atom stereocenters. The van der Waals surface area contributed by atoms with Crippen molar-refractivity contribution >= 4 is 0 Å². The number of aromatic nitrogens is 3. The molecule has 0 bridgehead atoms. The molecular weight excluding hydrogens is 222 g/mol. The molecule has 0 radical (unpaired) electrons. The van der Waals surface area contributed by atoms with Gasteiger partial charge in [-0.2, -0.15) is 9.90 Å². The zero-order valence-corrected chi connectivity index (χ0v) is 10.1. The Morgan fingerprint density at radius 1 is 1.06 bits per heavy atom. The minimum absolute atomic E-state index is 0.572. The fourth-order valence-corrected chi connectivity index (χ4v) is 1.46. The summed E-state index contributed by atoms with van der Waals surface area (Å²) in [5, 5.41) is 8.62. The monoisotopic (exact) mass is 235 g/mol. The second kappa shape index (κ2) is 5.65. The first kappa shape index (κ1) is 11.9. The highest BCUT2D eigenvalue weighted by molar-refractivity contribution is 5.32. The largest absolute Gasteiger partial charge is 0.159 e. The summed E-state index contributed by atoms with van der Waals surface area (Å²) < 4.78 is 0. The van der Waals surface area contributed by atoms with Crippen LogP contribution >= 0.6 is 0 Å². The van der Waals surface area contributed by atoms with Crippen molar-refractivity contribution in [3.8, 4) is 18.0 Å². The van der Waals surface area contributed by atoms with Crippen LogP contribution in [-0.2, 0) is 0 Å². The van der Waals surface area contributed by atoms with Crippen molar-refractivity contribution in [1.82, 2.24) is 15.0 Å². The maximum Gasteiger partial charge on any atom is 0.138 e. The van der Waals surface area contributed by atoms with Gasteiger partial charge in [0.05, 0.1) is 5.69 Å². The average molecular weight is 235 g/mol. The van der Waals surface area contributed by atoms with E-state index in [-0.39, 0.29) is 0 Å². The third-order valence-corrected chi connectivity index (χ3v) is 2.41. The standard InChI is InChI=1S/C15H13N3/c1-3-15-13(2)9-7-8-12-16-18(17-15)14-10-5-4-6-11-14/h1,4-12H,2H3. The second-order valence-electron chi connectivity index (χ2n) is 3.72. The van der Waals surface area contributed by atoms with Gasteiger partial charge < -0.3 is 0 Å². The molecule has 1 aromatic heterocycles. The smallest absolute Gasteiger partial charge is 0.138 e. The molecule has 0 saturated heterocycles. The lowest BCUT2D eigenvalue weighted by Gasteiger charge is -2.01. The molecule has 0 fully saturated rings. The number of hydrogen-bond acceptors (Lipinski definition) is 2. The van der Waals surface area contributed by atoms with Crippen molar-refractivity contribution in [2.75, 3.05) is 0 Å². The van der Waals surface area contributed by atoms with E-state index in [0.717, 1.165) is 11.3 Å². The molecule has 0 aliphatic heterocycles. The van der Waals surface area contributed by atoms with E-state index >= 15 is 0 Å². The Labute approximate surface area is 106 Å². The predicted molar refractivity (Wildman–Crippen MR) is 71.7 cm³/mol. The molecule has 0 amide bonds. The van der Waals surface area contributed by atoms with Gasteiger partial charge in [0.2, 0.25) is 0 Å². The van der Waals surface area contributed by atoms with E-state index in [1.165, 1.54) is 4.80 Å². The summed E-state index contributed by atoms with van der Waals surface area (Å²) in [5.74, 6) is 2.58. The lowest BCUT2D eigenvalue weighted by atomic mass is 10.2. The molecule has 3 heteroatoms. The molecule has 0 spiro atoms. The molecule has 88 valence electrons. The van der Waals surface area contributed by atoms with Gasteiger partial charge in [0, 0.05) is 6.20 Å². The minimum Gasteiger partial charge on any atom is -0.159 e. The third kappa shape index (κ3) is 2.74. The van der Waals surface area contributed by atoms with E-state index in [0.29, 0.717) is 5.69 Å². The summed E-state index contributed by atoms with van der Waals surface area (Å²) >= 11 is 0. The van der Waals surface area contributed by atoms with Gasteiger partial charge in [-0.25, -0.2) is 0 Å². The molecule has 0 aliphatic rings. The van der Waals surface area contributed by atoms with E-state index in [1.807, 2.05) is 55.5 Å². The van der Waals surface area contributed by atoms with E-state index in [9.17, 15) is 0 Å². The molecule has 18 heavy (non-hydrogen) atoms. The van der Waals surface area contributed by atoms with Crippen LogP contribution in [0.15, 0.2) is 54.7 Å². The van der Waals surface area contributed by atoms with Crippen LogP contribution in [0.2, 0.25) is 0 Å². The molecule has 3 nitrogen and oxygen atoms in total. The van der Waals surface area contributed by atoms with Crippen molar-refractivity contribution in [2.24, 2.45) is 0 Å². The lowest BCUT2D eigenvalue weighted by Crippen LogP contribution is -2.04. The van der Waals surface area contributed by atoms with Gasteiger partial charge in [-0.05, 0) is 36.6 Å². The zero-order valence-electron chi connectivity index (χ0n) is 10.1. The molecular formula is C15H13N3. The zero-order chi connectivity index (χ0) is 12.8. The van der Waals surface area contributed by atoms with E-state index < -0.39 is 0 Å². The number of aryl methyl sites for hydroxylation is 1. The molecule has 0 unspecified atom stereocenters. The Kier molecular flexibility index (Phi) is 3.72. The quantitative estimate of drug-likeness (QED) is 0.711. The first-order chi connectivity index (χ1) is 8.81. The Hall–Kier alpha value is -2.60. The number of rotatable bonds is 1. The SMILES string of the molecule is C#Cc1nn(-c2ccccc2)nccccc1C. The first-order valence-corrected chi connectivity index (χ1v) is 5.59. The van der Waals surface area contributed by atoms with Crippen LogP contribution < -0.4 is 0 Å². The highest BCUT2D eigenvalue weighted by atomic mass is 15.4. The number of hydrogen-bond donors (Lipinski definition) is 0. The summed E-state index contributed by atoms with van der Waals surface area (Å²) in [6, 6.07) is 15.3. The van der Waals surface area contributed by atoms with Gasteiger partial charge in [0.25, 0.3) is 0 Å². The summed E-state index contributed by atoms with van der Waals surface area (Å²) in [6.45, 7) is 1.93. The summed E-state index contributed by atoms with van der Waals surface area (Å²) in [4.78, 5) is 1.53.